The van der Waals surface area contributed by atoms with Crippen molar-refractivity contribution in [1.29, 1.82) is 0 Å². The van der Waals surface area contributed by atoms with E-state index in [0.29, 0.717) is 5.92 Å². The van der Waals surface area contributed by atoms with Gasteiger partial charge in [0.1, 0.15) is 5.69 Å². The fourth-order valence-electron chi connectivity index (χ4n) is 1.51. The highest BCUT2D eigenvalue weighted by Crippen LogP contribution is 2.32. The van der Waals surface area contributed by atoms with Crippen LogP contribution in [0.1, 0.15) is 19.5 Å². The number of nitrogens with one attached hydrogen (secondary N) is 1. The summed E-state index contributed by atoms with van der Waals surface area (Å²) in [5, 5.41) is 3.37. The monoisotopic (exact) mass is 314 g/mol. The molecule has 2 heterocycles. The molecule has 5 heteroatoms. The largest absolute Gasteiger partial charge is 0.442 e. The molecule has 0 aliphatic rings. The molecule has 2 aromatic heterocycles. The molecule has 0 aromatic carbocycles. The van der Waals surface area contributed by atoms with E-state index in [1.165, 1.54) is 6.39 Å². The van der Waals surface area contributed by atoms with E-state index in [0.717, 1.165) is 33.2 Å². The third-order valence-electron chi connectivity index (χ3n) is 2.28. The molecule has 2 aromatic rings. The number of halogens is 1. The van der Waals surface area contributed by atoms with Crippen molar-refractivity contribution in [3.8, 4) is 10.6 Å². The van der Waals surface area contributed by atoms with Gasteiger partial charge in [0, 0.05) is 6.54 Å². The van der Waals surface area contributed by atoms with Crippen molar-refractivity contribution in [2.75, 3.05) is 6.54 Å². The summed E-state index contributed by atoms with van der Waals surface area (Å²) in [6.45, 7) is 6.11. The Bertz CT molecular complexity index is 478. The first-order valence-corrected chi connectivity index (χ1v) is 7.16. The van der Waals surface area contributed by atoms with E-state index in [1.54, 1.807) is 11.3 Å². The Kier molecular flexibility index (Phi) is 4.36. The lowest BCUT2D eigenvalue weighted by atomic mass is 10.2. The maximum Gasteiger partial charge on any atom is 0.181 e. The normalized spacial score (nSPS) is 11.3. The number of hydrogen-bond donors (Lipinski definition) is 1. The highest BCUT2D eigenvalue weighted by molar-refractivity contribution is 9.11. The van der Waals surface area contributed by atoms with Crippen LogP contribution >= 0.6 is 27.3 Å². The van der Waals surface area contributed by atoms with Crippen LogP contribution in [0.4, 0.5) is 0 Å². The second-order valence-corrected chi connectivity index (χ2v) is 6.72. The summed E-state index contributed by atoms with van der Waals surface area (Å²) in [6, 6.07) is 4.06. The number of rotatable bonds is 5. The van der Waals surface area contributed by atoms with Crippen molar-refractivity contribution in [2.45, 2.75) is 20.4 Å². The van der Waals surface area contributed by atoms with Crippen LogP contribution in [0, 0.1) is 5.92 Å². The van der Waals surface area contributed by atoms with Crippen LogP contribution in [-0.4, -0.2) is 11.5 Å². The second kappa shape index (κ2) is 5.80. The molecule has 0 saturated carbocycles. The Balaban J connectivity index is 2.07. The summed E-state index contributed by atoms with van der Waals surface area (Å²) in [6.07, 6.45) is 1.51. The van der Waals surface area contributed by atoms with Crippen LogP contribution in [0.15, 0.2) is 26.7 Å². The summed E-state index contributed by atoms with van der Waals surface area (Å²) in [5.41, 5.74) is 0.972. The first kappa shape index (κ1) is 12.8. The van der Waals surface area contributed by atoms with Crippen LogP contribution in [0.2, 0.25) is 0 Å². The van der Waals surface area contributed by atoms with E-state index in [4.69, 9.17) is 4.42 Å². The Hall–Kier alpha value is -0.650. The molecular weight excluding hydrogens is 300 g/mol. The van der Waals surface area contributed by atoms with Gasteiger partial charge in [-0.1, -0.05) is 13.8 Å². The molecule has 1 N–H and O–H groups in total. The number of aromatic nitrogens is 1. The lowest BCUT2D eigenvalue weighted by Crippen LogP contribution is -2.19. The van der Waals surface area contributed by atoms with Gasteiger partial charge in [-0.2, -0.15) is 0 Å². The predicted molar refractivity (Wildman–Crippen MR) is 74.1 cm³/mol. The van der Waals surface area contributed by atoms with Crippen LogP contribution in [0.3, 0.4) is 0 Å². The average molecular weight is 315 g/mol. The van der Waals surface area contributed by atoms with Crippen molar-refractivity contribution < 1.29 is 4.42 Å². The highest BCUT2D eigenvalue weighted by atomic mass is 79.9. The second-order valence-electron chi connectivity index (χ2n) is 4.26. The maximum atomic E-state index is 5.46. The molecular formula is C12H15BrN2OS. The predicted octanol–water partition coefficient (Wildman–Crippen LogP) is 3.91. The minimum Gasteiger partial charge on any atom is -0.442 e. The lowest BCUT2D eigenvalue weighted by Gasteiger charge is -2.05. The molecule has 3 nitrogen and oxygen atoms in total. The minimum atomic E-state index is 0.640. The molecule has 0 radical (unpaired) electrons. The van der Waals surface area contributed by atoms with Crippen molar-refractivity contribution in [3.05, 3.63) is 28.0 Å². The van der Waals surface area contributed by atoms with E-state index in [-0.39, 0.29) is 0 Å². The van der Waals surface area contributed by atoms with E-state index >= 15 is 0 Å². The molecule has 0 amide bonds. The number of nitrogens with zero attached hydrogens (tertiary/aromatic N) is 1. The van der Waals surface area contributed by atoms with Gasteiger partial charge < -0.3 is 9.73 Å². The fourth-order valence-corrected chi connectivity index (χ4v) is 2.91. The van der Waals surface area contributed by atoms with E-state index in [1.807, 2.05) is 12.1 Å². The van der Waals surface area contributed by atoms with Gasteiger partial charge >= 0.3 is 0 Å². The lowest BCUT2D eigenvalue weighted by molar-refractivity contribution is 0.545. The summed E-state index contributed by atoms with van der Waals surface area (Å²) >= 11 is 5.11. The standard InChI is InChI=1S/C12H15BrN2OS/c1-8(2)5-14-6-9-12(16-7-15-9)10-3-4-11(13)17-10/h3-4,7-8,14H,5-6H2,1-2H3. The van der Waals surface area contributed by atoms with Gasteiger partial charge in [0.15, 0.2) is 12.2 Å². The Labute approximate surface area is 113 Å². The molecule has 0 spiro atoms. The maximum absolute atomic E-state index is 5.46. The Morgan fingerprint density at radius 3 is 2.94 bits per heavy atom. The van der Waals surface area contributed by atoms with Crippen molar-refractivity contribution in [3.63, 3.8) is 0 Å². The molecule has 92 valence electrons. The van der Waals surface area contributed by atoms with Gasteiger partial charge in [-0.05, 0) is 40.5 Å². The van der Waals surface area contributed by atoms with Crippen LogP contribution < -0.4 is 5.32 Å². The quantitative estimate of drug-likeness (QED) is 0.909. The minimum absolute atomic E-state index is 0.640. The number of oxazole rings is 1. The molecule has 0 aliphatic carbocycles. The molecule has 2 rings (SSSR count). The first-order chi connectivity index (χ1) is 8.16. The molecule has 0 fully saturated rings. The third kappa shape index (κ3) is 3.40. The summed E-state index contributed by atoms with van der Waals surface area (Å²) in [4.78, 5) is 5.37. The topological polar surface area (TPSA) is 38.1 Å². The molecule has 0 atom stereocenters. The highest BCUT2D eigenvalue weighted by Gasteiger charge is 2.12. The SMILES string of the molecule is CC(C)CNCc1ncoc1-c1ccc(Br)s1. The summed E-state index contributed by atoms with van der Waals surface area (Å²) in [7, 11) is 0. The van der Waals surface area contributed by atoms with Gasteiger partial charge in [-0.15, -0.1) is 11.3 Å². The van der Waals surface area contributed by atoms with Crippen LogP contribution in [-0.2, 0) is 6.54 Å². The average Bonchev–Trinajstić information content (AvgIpc) is 2.86. The first-order valence-electron chi connectivity index (χ1n) is 5.55. The van der Waals surface area contributed by atoms with Gasteiger partial charge in [0.25, 0.3) is 0 Å². The Morgan fingerprint density at radius 1 is 1.47 bits per heavy atom. The molecule has 0 bridgehead atoms. The number of hydrogen-bond acceptors (Lipinski definition) is 4. The molecule has 17 heavy (non-hydrogen) atoms. The Morgan fingerprint density at radius 2 is 2.29 bits per heavy atom. The molecule has 0 saturated heterocycles. The zero-order chi connectivity index (χ0) is 12.3. The van der Waals surface area contributed by atoms with Crippen molar-refractivity contribution in [2.24, 2.45) is 5.92 Å². The number of thiophene rings is 1. The molecule has 0 aliphatic heterocycles. The van der Waals surface area contributed by atoms with E-state index < -0.39 is 0 Å². The zero-order valence-electron chi connectivity index (χ0n) is 9.87. The summed E-state index contributed by atoms with van der Waals surface area (Å²) < 4.78 is 6.56. The smallest absolute Gasteiger partial charge is 0.181 e. The summed E-state index contributed by atoms with van der Waals surface area (Å²) in [5.74, 6) is 1.51. The third-order valence-corrected chi connectivity index (χ3v) is 3.91. The van der Waals surface area contributed by atoms with Gasteiger partial charge in [0.05, 0.1) is 8.66 Å². The zero-order valence-corrected chi connectivity index (χ0v) is 12.3. The van der Waals surface area contributed by atoms with Gasteiger partial charge in [-0.25, -0.2) is 4.98 Å². The van der Waals surface area contributed by atoms with Gasteiger partial charge in [0.2, 0.25) is 0 Å². The van der Waals surface area contributed by atoms with E-state index in [2.05, 4.69) is 40.1 Å². The van der Waals surface area contributed by atoms with Crippen molar-refractivity contribution in [1.82, 2.24) is 10.3 Å². The van der Waals surface area contributed by atoms with E-state index in [9.17, 15) is 0 Å². The van der Waals surface area contributed by atoms with Crippen LogP contribution in [0.5, 0.6) is 0 Å². The van der Waals surface area contributed by atoms with Crippen LogP contribution in [0.25, 0.3) is 10.6 Å². The fraction of sp³-hybridized carbons (Fsp3) is 0.417. The van der Waals surface area contributed by atoms with Gasteiger partial charge in [-0.3, -0.25) is 0 Å². The van der Waals surface area contributed by atoms with Crippen molar-refractivity contribution >= 4 is 27.3 Å². The molecule has 0 unspecified atom stereocenters.